The lowest BCUT2D eigenvalue weighted by Crippen LogP contribution is -2.25. The highest BCUT2D eigenvalue weighted by Gasteiger charge is 2.31. The fourth-order valence-electron chi connectivity index (χ4n) is 2.22. The van der Waals surface area contributed by atoms with E-state index in [2.05, 4.69) is 20.7 Å². The second kappa shape index (κ2) is 6.06. The van der Waals surface area contributed by atoms with Gasteiger partial charge in [0, 0.05) is 18.3 Å². The van der Waals surface area contributed by atoms with E-state index in [1.807, 2.05) is 6.07 Å². The summed E-state index contributed by atoms with van der Waals surface area (Å²) >= 11 is 3.37. The van der Waals surface area contributed by atoms with Crippen molar-refractivity contribution in [1.29, 1.82) is 5.26 Å². The highest BCUT2D eigenvalue weighted by Crippen LogP contribution is 2.29. The topological polar surface area (TPSA) is 70.4 Å². The molecule has 0 radical (unpaired) electrons. The number of hydrogen-bond acceptors (Lipinski definition) is 4. The van der Waals surface area contributed by atoms with Gasteiger partial charge in [-0.1, -0.05) is 15.9 Å². The van der Waals surface area contributed by atoms with Crippen molar-refractivity contribution >= 4 is 33.5 Å². The van der Waals surface area contributed by atoms with Crippen LogP contribution in [0, 0.1) is 17.2 Å². The molecule has 1 aromatic carbocycles. The molecule has 6 heteroatoms. The second-order valence-electron chi connectivity index (χ2n) is 4.56. The Balaban J connectivity index is 2.36. The number of halogens is 1. The van der Waals surface area contributed by atoms with Crippen molar-refractivity contribution in [2.45, 2.75) is 6.42 Å². The number of nitriles is 1. The number of carbonyl (C=O) groups excluding carboxylic acids is 2. The number of esters is 1. The summed E-state index contributed by atoms with van der Waals surface area (Å²) in [6.07, 6.45) is 0.467. The Bertz CT molecular complexity index is 595. The molecular weight excluding hydrogens is 324 g/mol. The van der Waals surface area contributed by atoms with E-state index in [9.17, 15) is 14.9 Å². The van der Waals surface area contributed by atoms with Crippen molar-refractivity contribution in [2.75, 3.05) is 23.9 Å². The van der Waals surface area contributed by atoms with Gasteiger partial charge < -0.3 is 9.64 Å². The summed E-state index contributed by atoms with van der Waals surface area (Å²) in [6, 6.07) is 6.68. The Hall–Kier alpha value is -1.87. The van der Waals surface area contributed by atoms with Crippen molar-refractivity contribution < 1.29 is 14.3 Å². The molecule has 1 heterocycles. The van der Waals surface area contributed by atoms with Crippen LogP contribution in [0.5, 0.6) is 0 Å². The van der Waals surface area contributed by atoms with Gasteiger partial charge in [0.2, 0.25) is 5.91 Å². The number of anilines is 1. The summed E-state index contributed by atoms with van der Waals surface area (Å²) in [6.45, 7) is 0.580. The predicted octanol–water partition coefficient (Wildman–Crippen LogP) is 2.09. The summed E-state index contributed by atoms with van der Waals surface area (Å²) in [7, 11) is 1.28. The van der Waals surface area contributed by atoms with Crippen LogP contribution in [0.15, 0.2) is 18.2 Å². The molecule has 1 aliphatic rings. The van der Waals surface area contributed by atoms with E-state index in [4.69, 9.17) is 0 Å². The SMILES string of the molecule is COC(=O)c1ccc(N2CC(CBr)CC2=O)c(C#N)c1. The van der Waals surface area contributed by atoms with E-state index in [1.54, 1.807) is 17.0 Å². The summed E-state index contributed by atoms with van der Waals surface area (Å²) in [5, 5.41) is 9.97. The molecule has 1 aliphatic heterocycles. The number of carbonyl (C=O) groups is 2. The maximum absolute atomic E-state index is 12.0. The molecule has 1 amide bonds. The first-order valence-corrected chi connectivity index (χ1v) is 7.21. The first kappa shape index (κ1) is 14.5. The highest BCUT2D eigenvalue weighted by atomic mass is 79.9. The molecule has 0 spiro atoms. The van der Waals surface area contributed by atoms with Gasteiger partial charge in [-0.05, 0) is 24.1 Å². The normalized spacial score (nSPS) is 17.9. The van der Waals surface area contributed by atoms with Crippen LogP contribution >= 0.6 is 15.9 Å². The van der Waals surface area contributed by atoms with Crippen molar-refractivity contribution in [1.82, 2.24) is 0 Å². The van der Waals surface area contributed by atoms with Gasteiger partial charge in [0.05, 0.1) is 23.9 Å². The van der Waals surface area contributed by atoms with Gasteiger partial charge >= 0.3 is 5.97 Å². The Morgan fingerprint density at radius 2 is 2.35 bits per heavy atom. The van der Waals surface area contributed by atoms with E-state index in [0.29, 0.717) is 29.8 Å². The molecule has 2 rings (SSSR count). The van der Waals surface area contributed by atoms with Crippen LogP contribution in [0.25, 0.3) is 0 Å². The summed E-state index contributed by atoms with van der Waals surface area (Å²) in [5.74, 6) is -0.259. The maximum Gasteiger partial charge on any atom is 0.337 e. The first-order chi connectivity index (χ1) is 9.60. The van der Waals surface area contributed by atoms with Crippen molar-refractivity contribution in [3.8, 4) is 6.07 Å². The van der Waals surface area contributed by atoms with E-state index < -0.39 is 5.97 Å². The lowest BCUT2D eigenvalue weighted by Gasteiger charge is -2.18. The molecule has 0 saturated carbocycles. The third-order valence-corrected chi connectivity index (χ3v) is 4.17. The minimum atomic E-state index is -0.501. The van der Waals surface area contributed by atoms with E-state index in [0.717, 1.165) is 5.33 Å². The Labute approximate surface area is 125 Å². The van der Waals surface area contributed by atoms with Gasteiger partial charge in [-0.15, -0.1) is 0 Å². The molecule has 0 aliphatic carbocycles. The van der Waals surface area contributed by atoms with Crippen LogP contribution in [-0.4, -0.2) is 30.9 Å². The van der Waals surface area contributed by atoms with Gasteiger partial charge in [-0.3, -0.25) is 4.79 Å². The molecule has 0 aromatic heterocycles. The monoisotopic (exact) mass is 336 g/mol. The Morgan fingerprint density at radius 1 is 1.60 bits per heavy atom. The van der Waals surface area contributed by atoms with Gasteiger partial charge in [-0.2, -0.15) is 5.26 Å². The molecule has 20 heavy (non-hydrogen) atoms. The van der Waals surface area contributed by atoms with Crippen molar-refractivity contribution in [3.05, 3.63) is 29.3 Å². The average Bonchev–Trinajstić information content (AvgIpc) is 2.86. The summed E-state index contributed by atoms with van der Waals surface area (Å²) < 4.78 is 4.62. The third kappa shape index (κ3) is 2.68. The predicted molar refractivity (Wildman–Crippen MR) is 76.8 cm³/mol. The number of ether oxygens (including phenoxy) is 1. The van der Waals surface area contributed by atoms with Crippen molar-refractivity contribution in [2.24, 2.45) is 5.92 Å². The minimum absolute atomic E-state index is 0.00299. The molecule has 0 bridgehead atoms. The summed E-state index contributed by atoms with van der Waals surface area (Å²) in [4.78, 5) is 25.1. The Kier molecular flexibility index (Phi) is 4.40. The van der Waals surface area contributed by atoms with E-state index >= 15 is 0 Å². The van der Waals surface area contributed by atoms with Gasteiger partial charge in [-0.25, -0.2) is 4.79 Å². The average molecular weight is 337 g/mol. The molecular formula is C14H13BrN2O3. The molecule has 104 valence electrons. The number of nitrogens with zero attached hydrogens (tertiary/aromatic N) is 2. The molecule has 1 atom stereocenters. The van der Waals surface area contributed by atoms with Gasteiger partial charge in [0.25, 0.3) is 0 Å². The lowest BCUT2D eigenvalue weighted by molar-refractivity contribution is -0.117. The smallest absolute Gasteiger partial charge is 0.337 e. The van der Waals surface area contributed by atoms with Gasteiger partial charge in [0.15, 0.2) is 0 Å². The minimum Gasteiger partial charge on any atom is -0.465 e. The summed E-state index contributed by atoms with van der Waals surface area (Å²) in [5.41, 5.74) is 1.15. The molecule has 5 nitrogen and oxygen atoms in total. The third-order valence-electron chi connectivity index (χ3n) is 3.25. The number of methoxy groups -OCH3 is 1. The molecule has 1 aromatic rings. The van der Waals surface area contributed by atoms with E-state index in [-0.39, 0.29) is 11.8 Å². The van der Waals surface area contributed by atoms with Crippen LogP contribution in [0.2, 0.25) is 0 Å². The van der Waals surface area contributed by atoms with Crippen molar-refractivity contribution in [3.63, 3.8) is 0 Å². The maximum atomic E-state index is 12.0. The Morgan fingerprint density at radius 3 is 2.90 bits per heavy atom. The highest BCUT2D eigenvalue weighted by molar-refractivity contribution is 9.09. The van der Waals surface area contributed by atoms with Crippen LogP contribution in [0.1, 0.15) is 22.3 Å². The number of hydrogen-bond donors (Lipinski definition) is 0. The molecule has 1 saturated heterocycles. The van der Waals surface area contributed by atoms with Gasteiger partial charge in [0.1, 0.15) is 6.07 Å². The zero-order valence-corrected chi connectivity index (χ0v) is 12.5. The fourth-order valence-corrected chi connectivity index (χ4v) is 2.66. The van der Waals surface area contributed by atoms with E-state index in [1.165, 1.54) is 13.2 Å². The van der Waals surface area contributed by atoms with Crippen LogP contribution in [0.4, 0.5) is 5.69 Å². The number of alkyl halides is 1. The van der Waals surface area contributed by atoms with Crippen LogP contribution < -0.4 is 4.90 Å². The molecule has 1 unspecified atom stereocenters. The second-order valence-corrected chi connectivity index (χ2v) is 5.21. The zero-order chi connectivity index (χ0) is 14.7. The molecule has 1 fully saturated rings. The number of amides is 1. The quantitative estimate of drug-likeness (QED) is 0.626. The zero-order valence-electron chi connectivity index (χ0n) is 10.9. The fraction of sp³-hybridized carbons (Fsp3) is 0.357. The standard InChI is InChI=1S/C14H13BrN2O3/c1-20-14(19)10-2-3-12(11(5-10)7-16)17-8-9(6-15)4-13(17)18/h2-3,5,9H,4,6,8H2,1H3. The number of benzene rings is 1. The first-order valence-electron chi connectivity index (χ1n) is 6.09. The largest absolute Gasteiger partial charge is 0.465 e. The van der Waals surface area contributed by atoms with Crippen LogP contribution in [0.3, 0.4) is 0 Å². The number of rotatable bonds is 3. The van der Waals surface area contributed by atoms with Crippen LogP contribution in [-0.2, 0) is 9.53 Å². The lowest BCUT2D eigenvalue weighted by atomic mass is 10.1. The molecule has 0 N–H and O–H groups in total.